The van der Waals surface area contributed by atoms with E-state index in [0.29, 0.717) is 17.5 Å². The topological polar surface area (TPSA) is 49.8 Å². The maximum Gasteiger partial charge on any atom is 0.225 e. The fourth-order valence-corrected chi connectivity index (χ4v) is 2.32. The second-order valence-corrected chi connectivity index (χ2v) is 5.88. The molecule has 0 saturated heterocycles. The third-order valence-electron chi connectivity index (χ3n) is 3.40. The molecule has 4 nitrogen and oxygen atoms in total. The quantitative estimate of drug-likeness (QED) is 0.687. The van der Waals surface area contributed by atoms with Crippen LogP contribution in [0.2, 0.25) is 0 Å². The Morgan fingerprint density at radius 1 is 0.920 bits per heavy atom. The average Bonchev–Trinajstić information content (AvgIpc) is 2.58. The molecule has 128 valence electrons. The average molecular weight is 340 g/mol. The molecule has 0 radical (unpaired) electrons. The van der Waals surface area contributed by atoms with E-state index in [1.165, 1.54) is 0 Å². The van der Waals surface area contributed by atoms with Gasteiger partial charge in [0.15, 0.2) is 0 Å². The first kappa shape index (κ1) is 16.8. The third kappa shape index (κ3) is 4.29. The largest absolute Gasteiger partial charge is 0.352 e. The Labute approximate surface area is 145 Å². The van der Waals surface area contributed by atoms with Gasteiger partial charge in [0, 0.05) is 23.7 Å². The number of anilines is 3. The van der Waals surface area contributed by atoms with E-state index < -0.39 is 11.6 Å². The highest BCUT2D eigenvalue weighted by atomic mass is 19.1. The highest BCUT2D eigenvalue weighted by molar-refractivity contribution is 5.67. The lowest BCUT2D eigenvalue weighted by molar-refractivity contribution is 0.603. The second kappa shape index (κ2) is 7.25. The first-order valence-corrected chi connectivity index (χ1v) is 7.94. The minimum absolute atomic E-state index is 0.0215. The van der Waals surface area contributed by atoms with Gasteiger partial charge in [0.05, 0.1) is 11.4 Å². The summed E-state index contributed by atoms with van der Waals surface area (Å²) in [5.41, 5.74) is 1.60. The van der Waals surface area contributed by atoms with Gasteiger partial charge in [-0.3, -0.25) is 0 Å². The van der Waals surface area contributed by atoms with Crippen molar-refractivity contribution in [1.29, 1.82) is 0 Å². The molecule has 3 aromatic rings. The lowest BCUT2D eigenvalue weighted by Crippen LogP contribution is -2.13. The summed E-state index contributed by atoms with van der Waals surface area (Å²) < 4.78 is 27.3. The van der Waals surface area contributed by atoms with Crippen molar-refractivity contribution >= 4 is 17.5 Å². The molecule has 0 fully saturated rings. The number of halogens is 2. The number of aromatic nitrogens is 2. The number of hydrogen-bond donors (Lipinski definition) is 2. The smallest absolute Gasteiger partial charge is 0.225 e. The zero-order chi connectivity index (χ0) is 17.8. The summed E-state index contributed by atoms with van der Waals surface area (Å²) in [6.45, 7) is 3.94. The standard InChI is InChI=1S/C19H18F2N4/c1-12(2)22-19-24-16(13-6-4-3-5-7-13)11-18(25-19)23-17-10-14(20)8-9-15(17)21/h3-12H,1-2H3,(H2,22,23,24,25). The summed E-state index contributed by atoms with van der Waals surface area (Å²) in [5.74, 6) is -0.293. The summed E-state index contributed by atoms with van der Waals surface area (Å²) >= 11 is 0. The van der Waals surface area contributed by atoms with Gasteiger partial charge in [0.2, 0.25) is 5.95 Å². The molecule has 0 spiro atoms. The predicted octanol–water partition coefficient (Wildman–Crippen LogP) is 4.99. The molecular weight excluding hydrogens is 322 g/mol. The third-order valence-corrected chi connectivity index (χ3v) is 3.40. The van der Waals surface area contributed by atoms with Crippen LogP contribution in [-0.2, 0) is 0 Å². The molecule has 6 heteroatoms. The maximum absolute atomic E-state index is 13.9. The predicted molar refractivity (Wildman–Crippen MR) is 95.9 cm³/mol. The zero-order valence-corrected chi connectivity index (χ0v) is 13.9. The van der Waals surface area contributed by atoms with E-state index in [-0.39, 0.29) is 11.7 Å². The van der Waals surface area contributed by atoms with Crippen LogP contribution in [0.15, 0.2) is 54.6 Å². The van der Waals surface area contributed by atoms with Crippen LogP contribution in [0.5, 0.6) is 0 Å². The minimum Gasteiger partial charge on any atom is -0.352 e. The molecule has 0 atom stereocenters. The molecule has 25 heavy (non-hydrogen) atoms. The number of nitrogens with one attached hydrogen (secondary N) is 2. The number of rotatable bonds is 5. The molecule has 0 bridgehead atoms. The van der Waals surface area contributed by atoms with Gasteiger partial charge in [-0.2, -0.15) is 4.98 Å². The molecule has 1 heterocycles. The van der Waals surface area contributed by atoms with E-state index in [1.807, 2.05) is 44.2 Å². The fraction of sp³-hybridized carbons (Fsp3) is 0.158. The van der Waals surface area contributed by atoms with Crippen LogP contribution in [0.25, 0.3) is 11.3 Å². The summed E-state index contributed by atoms with van der Waals surface area (Å²) in [6, 6.07) is 14.6. The molecule has 0 aliphatic carbocycles. The van der Waals surface area contributed by atoms with Crippen molar-refractivity contribution in [2.45, 2.75) is 19.9 Å². The Morgan fingerprint density at radius 2 is 1.68 bits per heavy atom. The number of benzene rings is 2. The van der Waals surface area contributed by atoms with Gasteiger partial charge in [-0.05, 0) is 26.0 Å². The molecule has 2 N–H and O–H groups in total. The second-order valence-electron chi connectivity index (χ2n) is 5.88. The maximum atomic E-state index is 13.9. The van der Waals surface area contributed by atoms with E-state index >= 15 is 0 Å². The van der Waals surface area contributed by atoms with Crippen molar-refractivity contribution in [3.05, 3.63) is 66.2 Å². The SMILES string of the molecule is CC(C)Nc1nc(Nc2cc(F)ccc2F)cc(-c2ccccc2)n1. The number of hydrogen-bond acceptors (Lipinski definition) is 4. The van der Waals surface area contributed by atoms with Gasteiger partial charge in [0.1, 0.15) is 17.5 Å². The van der Waals surface area contributed by atoms with Gasteiger partial charge < -0.3 is 10.6 Å². The monoisotopic (exact) mass is 340 g/mol. The number of nitrogens with zero attached hydrogens (tertiary/aromatic N) is 2. The van der Waals surface area contributed by atoms with Crippen molar-refractivity contribution in [3.63, 3.8) is 0 Å². The molecule has 1 aromatic heterocycles. The fourth-order valence-electron chi connectivity index (χ4n) is 2.32. The van der Waals surface area contributed by atoms with Crippen LogP contribution in [0.1, 0.15) is 13.8 Å². The molecule has 0 aliphatic heterocycles. The van der Waals surface area contributed by atoms with Crippen LogP contribution < -0.4 is 10.6 Å². The normalized spacial score (nSPS) is 10.8. The molecule has 0 unspecified atom stereocenters. The highest BCUT2D eigenvalue weighted by Gasteiger charge is 2.10. The molecule has 2 aromatic carbocycles. The van der Waals surface area contributed by atoms with E-state index in [9.17, 15) is 8.78 Å². The van der Waals surface area contributed by atoms with Crippen LogP contribution in [-0.4, -0.2) is 16.0 Å². The first-order valence-electron chi connectivity index (χ1n) is 7.94. The van der Waals surface area contributed by atoms with E-state index in [4.69, 9.17) is 0 Å². The zero-order valence-electron chi connectivity index (χ0n) is 13.9. The van der Waals surface area contributed by atoms with Crippen molar-refractivity contribution in [3.8, 4) is 11.3 Å². The van der Waals surface area contributed by atoms with Crippen molar-refractivity contribution in [1.82, 2.24) is 9.97 Å². The van der Waals surface area contributed by atoms with Gasteiger partial charge in [0.25, 0.3) is 0 Å². The lowest BCUT2D eigenvalue weighted by Gasteiger charge is -2.13. The summed E-state index contributed by atoms with van der Waals surface area (Å²) in [5, 5.41) is 5.97. The van der Waals surface area contributed by atoms with Crippen molar-refractivity contribution < 1.29 is 8.78 Å². The summed E-state index contributed by atoms with van der Waals surface area (Å²) in [7, 11) is 0. The van der Waals surface area contributed by atoms with Crippen LogP contribution in [0.3, 0.4) is 0 Å². The molecule has 0 saturated carbocycles. The Morgan fingerprint density at radius 3 is 2.40 bits per heavy atom. The van der Waals surface area contributed by atoms with Crippen molar-refractivity contribution in [2.75, 3.05) is 10.6 Å². The molecular formula is C19H18F2N4. The molecule has 3 rings (SSSR count). The van der Waals surface area contributed by atoms with E-state index in [0.717, 1.165) is 23.8 Å². The Bertz CT molecular complexity index is 867. The van der Waals surface area contributed by atoms with E-state index in [2.05, 4.69) is 20.6 Å². The van der Waals surface area contributed by atoms with Crippen LogP contribution in [0.4, 0.5) is 26.2 Å². The van der Waals surface area contributed by atoms with Crippen molar-refractivity contribution in [2.24, 2.45) is 0 Å². The van der Waals surface area contributed by atoms with Gasteiger partial charge in [-0.15, -0.1) is 0 Å². The summed E-state index contributed by atoms with van der Waals surface area (Å²) in [4.78, 5) is 8.84. The molecule has 0 aliphatic rings. The Hall–Kier alpha value is -3.02. The summed E-state index contributed by atoms with van der Waals surface area (Å²) in [6.07, 6.45) is 0. The Kier molecular flexibility index (Phi) is 4.88. The van der Waals surface area contributed by atoms with Crippen LogP contribution >= 0.6 is 0 Å². The minimum atomic E-state index is -0.556. The van der Waals surface area contributed by atoms with Gasteiger partial charge in [-0.1, -0.05) is 30.3 Å². The van der Waals surface area contributed by atoms with E-state index in [1.54, 1.807) is 6.07 Å². The Balaban J connectivity index is 2.01. The molecule has 0 amide bonds. The van der Waals surface area contributed by atoms with Gasteiger partial charge >= 0.3 is 0 Å². The van der Waals surface area contributed by atoms with Gasteiger partial charge in [-0.25, -0.2) is 13.8 Å². The lowest BCUT2D eigenvalue weighted by atomic mass is 10.1. The van der Waals surface area contributed by atoms with Crippen LogP contribution in [0, 0.1) is 11.6 Å². The first-order chi connectivity index (χ1) is 12.0. The highest BCUT2D eigenvalue weighted by Crippen LogP contribution is 2.25.